The highest BCUT2D eigenvalue weighted by Gasteiger charge is 2.29. The lowest BCUT2D eigenvalue weighted by molar-refractivity contribution is -0.152. The van der Waals surface area contributed by atoms with Crippen molar-refractivity contribution in [3.05, 3.63) is 0 Å². The molecular formula is C9H14O3. The van der Waals surface area contributed by atoms with Crippen LogP contribution in [0.5, 0.6) is 0 Å². The maximum Gasteiger partial charge on any atom is 0.309 e. The summed E-state index contributed by atoms with van der Waals surface area (Å²) in [6.45, 7) is 3.63. The Labute approximate surface area is 72.1 Å². The fourth-order valence-electron chi connectivity index (χ4n) is 1.34. The zero-order valence-electron chi connectivity index (χ0n) is 7.50. The van der Waals surface area contributed by atoms with Crippen LogP contribution >= 0.6 is 0 Å². The van der Waals surface area contributed by atoms with Gasteiger partial charge in [0.15, 0.2) is 0 Å². The van der Waals surface area contributed by atoms with Crippen LogP contribution in [0.1, 0.15) is 33.1 Å². The number of hydrogen-bond donors (Lipinski definition) is 0. The SMILES string of the molecule is CC(C)OC(=O)C1CCC(=O)C1. The van der Waals surface area contributed by atoms with Crippen LogP contribution in [0.4, 0.5) is 0 Å². The topological polar surface area (TPSA) is 43.4 Å². The van der Waals surface area contributed by atoms with Crippen LogP contribution in [0, 0.1) is 5.92 Å². The summed E-state index contributed by atoms with van der Waals surface area (Å²) in [7, 11) is 0. The van der Waals surface area contributed by atoms with Crippen LogP contribution in [0.3, 0.4) is 0 Å². The highest BCUT2D eigenvalue weighted by atomic mass is 16.5. The van der Waals surface area contributed by atoms with E-state index in [2.05, 4.69) is 0 Å². The number of Topliss-reactive ketones (excluding diaryl/α,β-unsaturated/α-hetero) is 1. The normalized spacial score (nSPS) is 23.2. The van der Waals surface area contributed by atoms with E-state index in [1.54, 1.807) is 0 Å². The largest absolute Gasteiger partial charge is 0.463 e. The van der Waals surface area contributed by atoms with Gasteiger partial charge < -0.3 is 4.74 Å². The first-order valence-electron chi connectivity index (χ1n) is 4.32. The second kappa shape index (κ2) is 3.70. The van der Waals surface area contributed by atoms with E-state index >= 15 is 0 Å². The van der Waals surface area contributed by atoms with E-state index in [9.17, 15) is 9.59 Å². The summed E-state index contributed by atoms with van der Waals surface area (Å²) < 4.78 is 4.99. The molecule has 0 radical (unpaired) electrons. The third-order valence-corrected chi connectivity index (χ3v) is 1.93. The number of ether oxygens (including phenoxy) is 1. The van der Waals surface area contributed by atoms with Gasteiger partial charge in [-0.3, -0.25) is 9.59 Å². The van der Waals surface area contributed by atoms with Crippen molar-refractivity contribution in [2.75, 3.05) is 0 Å². The number of esters is 1. The average molecular weight is 170 g/mol. The maximum atomic E-state index is 11.2. The quantitative estimate of drug-likeness (QED) is 0.587. The average Bonchev–Trinajstić information content (AvgIpc) is 2.34. The minimum Gasteiger partial charge on any atom is -0.463 e. The molecule has 3 heteroatoms. The molecule has 1 fully saturated rings. The van der Waals surface area contributed by atoms with Crippen LogP contribution < -0.4 is 0 Å². The molecule has 0 aliphatic heterocycles. The molecule has 0 spiro atoms. The Morgan fingerprint density at radius 3 is 2.67 bits per heavy atom. The number of carbonyl (C=O) groups excluding carboxylic acids is 2. The molecule has 0 aromatic carbocycles. The molecule has 0 aromatic rings. The van der Waals surface area contributed by atoms with Gasteiger partial charge in [0.25, 0.3) is 0 Å². The molecule has 0 amide bonds. The van der Waals surface area contributed by atoms with E-state index in [-0.39, 0.29) is 23.8 Å². The monoisotopic (exact) mass is 170 g/mol. The smallest absolute Gasteiger partial charge is 0.309 e. The summed E-state index contributed by atoms with van der Waals surface area (Å²) >= 11 is 0. The Kier molecular flexibility index (Phi) is 2.84. The molecular weight excluding hydrogens is 156 g/mol. The maximum absolute atomic E-state index is 11.2. The highest BCUT2D eigenvalue weighted by molar-refractivity contribution is 5.87. The van der Waals surface area contributed by atoms with Gasteiger partial charge in [0.1, 0.15) is 5.78 Å². The summed E-state index contributed by atoms with van der Waals surface area (Å²) in [4.78, 5) is 22.1. The van der Waals surface area contributed by atoms with Crippen LogP contribution in [0.25, 0.3) is 0 Å². The summed E-state index contributed by atoms with van der Waals surface area (Å²) in [6.07, 6.45) is 1.52. The molecule has 0 heterocycles. The van der Waals surface area contributed by atoms with Crippen molar-refractivity contribution in [1.82, 2.24) is 0 Å². The van der Waals surface area contributed by atoms with Crippen LogP contribution in [-0.4, -0.2) is 17.9 Å². The predicted molar refractivity (Wildman–Crippen MR) is 43.6 cm³/mol. The van der Waals surface area contributed by atoms with Crippen molar-refractivity contribution in [3.63, 3.8) is 0 Å². The molecule has 1 rings (SSSR count). The van der Waals surface area contributed by atoms with Crippen molar-refractivity contribution in [1.29, 1.82) is 0 Å². The number of ketones is 1. The fourth-order valence-corrected chi connectivity index (χ4v) is 1.34. The first-order valence-corrected chi connectivity index (χ1v) is 4.32. The van der Waals surface area contributed by atoms with E-state index in [4.69, 9.17) is 4.74 Å². The lowest BCUT2D eigenvalue weighted by atomic mass is 10.1. The molecule has 1 unspecified atom stereocenters. The molecule has 0 saturated heterocycles. The molecule has 12 heavy (non-hydrogen) atoms. The van der Waals surface area contributed by atoms with Gasteiger partial charge in [-0.25, -0.2) is 0 Å². The third-order valence-electron chi connectivity index (χ3n) is 1.93. The Balaban J connectivity index is 2.38. The molecule has 1 aliphatic carbocycles. The van der Waals surface area contributed by atoms with Gasteiger partial charge in [0, 0.05) is 12.8 Å². The van der Waals surface area contributed by atoms with Gasteiger partial charge in [-0.2, -0.15) is 0 Å². The van der Waals surface area contributed by atoms with Crippen molar-refractivity contribution < 1.29 is 14.3 Å². The number of carbonyl (C=O) groups is 2. The lowest BCUT2D eigenvalue weighted by Crippen LogP contribution is -2.19. The molecule has 68 valence electrons. The number of hydrogen-bond acceptors (Lipinski definition) is 3. The second-order valence-electron chi connectivity index (χ2n) is 3.46. The lowest BCUT2D eigenvalue weighted by Gasteiger charge is -2.11. The van der Waals surface area contributed by atoms with E-state index in [1.807, 2.05) is 13.8 Å². The molecule has 1 saturated carbocycles. The van der Waals surface area contributed by atoms with E-state index < -0.39 is 0 Å². The van der Waals surface area contributed by atoms with Crippen molar-refractivity contribution in [2.45, 2.75) is 39.2 Å². The summed E-state index contributed by atoms with van der Waals surface area (Å²) in [5, 5.41) is 0. The second-order valence-corrected chi connectivity index (χ2v) is 3.46. The Morgan fingerprint density at radius 2 is 2.25 bits per heavy atom. The van der Waals surface area contributed by atoms with Gasteiger partial charge in [-0.15, -0.1) is 0 Å². The molecule has 0 bridgehead atoms. The fraction of sp³-hybridized carbons (Fsp3) is 0.778. The van der Waals surface area contributed by atoms with Gasteiger partial charge in [0.2, 0.25) is 0 Å². The molecule has 1 atom stereocenters. The molecule has 0 N–H and O–H groups in total. The predicted octanol–water partition coefficient (Wildman–Crippen LogP) is 1.31. The third kappa shape index (κ3) is 2.32. The zero-order chi connectivity index (χ0) is 9.14. The summed E-state index contributed by atoms with van der Waals surface area (Å²) in [6, 6.07) is 0. The van der Waals surface area contributed by atoms with Crippen LogP contribution in [0.15, 0.2) is 0 Å². The molecule has 3 nitrogen and oxygen atoms in total. The van der Waals surface area contributed by atoms with Gasteiger partial charge in [-0.1, -0.05) is 0 Å². The van der Waals surface area contributed by atoms with Crippen LogP contribution in [0.2, 0.25) is 0 Å². The molecule has 0 aromatic heterocycles. The number of rotatable bonds is 2. The minimum atomic E-state index is -0.212. The van der Waals surface area contributed by atoms with Gasteiger partial charge in [0.05, 0.1) is 12.0 Å². The van der Waals surface area contributed by atoms with E-state index in [0.29, 0.717) is 19.3 Å². The highest BCUT2D eigenvalue weighted by Crippen LogP contribution is 2.23. The van der Waals surface area contributed by atoms with Crippen molar-refractivity contribution >= 4 is 11.8 Å². The van der Waals surface area contributed by atoms with Crippen molar-refractivity contribution in [2.24, 2.45) is 5.92 Å². The Bertz CT molecular complexity index is 196. The van der Waals surface area contributed by atoms with E-state index in [0.717, 1.165) is 0 Å². The van der Waals surface area contributed by atoms with Crippen LogP contribution in [-0.2, 0) is 14.3 Å². The van der Waals surface area contributed by atoms with Crippen molar-refractivity contribution in [3.8, 4) is 0 Å². The standard InChI is InChI=1S/C9H14O3/c1-6(2)12-9(11)7-3-4-8(10)5-7/h6-7H,3-5H2,1-2H3. The molecule has 1 aliphatic rings. The van der Waals surface area contributed by atoms with E-state index in [1.165, 1.54) is 0 Å². The zero-order valence-corrected chi connectivity index (χ0v) is 7.50. The summed E-state index contributed by atoms with van der Waals surface area (Å²) in [5.41, 5.74) is 0. The van der Waals surface area contributed by atoms with Gasteiger partial charge >= 0.3 is 5.97 Å². The first kappa shape index (κ1) is 9.23. The van der Waals surface area contributed by atoms with Gasteiger partial charge in [-0.05, 0) is 20.3 Å². The summed E-state index contributed by atoms with van der Waals surface area (Å²) in [5.74, 6) is -0.198. The Hall–Kier alpha value is -0.860. The first-order chi connectivity index (χ1) is 5.59. The minimum absolute atomic E-state index is 0.0757. The Morgan fingerprint density at radius 1 is 1.58 bits per heavy atom.